The first-order chi connectivity index (χ1) is 4.27. The van der Waals surface area contributed by atoms with Gasteiger partial charge in [-0.3, -0.25) is 0 Å². The quantitative estimate of drug-likeness (QED) is 0.417. The Morgan fingerprint density at radius 3 is 1.80 bits per heavy atom. The average Bonchev–Trinajstić information content (AvgIpc) is 1.60. The van der Waals surface area contributed by atoms with E-state index in [9.17, 15) is 0 Å². The zero-order valence-electron chi connectivity index (χ0n) is 7.49. The van der Waals surface area contributed by atoms with Gasteiger partial charge < -0.3 is 4.43 Å². The topological polar surface area (TPSA) is 9.23 Å². The van der Waals surface area contributed by atoms with Crippen LogP contribution in [0.4, 0.5) is 0 Å². The van der Waals surface area contributed by atoms with Crippen molar-refractivity contribution in [3.8, 4) is 12.0 Å². The Morgan fingerprint density at radius 2 is 1.70 bits per heavy atom. The number of rotatable bonds is 1. The maximum absolute atomic E-state index is 5.68. The smallest absolute Gasteiger partial charge is 0.266 e. The molecule has 0 fully saturated rings. The lowest BCUT2D eigenvalue weighted by molar-refractivity contribution is 0.125. The molecule has 0 aliphatic heterocycles. The Labute approximate surface area is 64.9 Å². The molecular formula is C8H16OSi. The summed E-state index contributed by atoms with van der Waals surface area (Å²) in [5.41, 5.74) is 2.62. The maximum atomic E-state index is 5.68. The van der Waals surface area contributed by atoms with Crippen molar-refractivity contribution in [1.29, 1.82) is 0 Å². The third-order valence-electron chi connectivity index (χ3n) is 0.909. The molecule has 0 unspecified atom stereocenters. The molecule has 0 aromatic rings. The molecule has 58 valence electrons. The minimum atomic E-state index is -1.78. The molecule has 0 amide bonds. The van der Waals surface area contributed by atoms with Crippen molar-refractivity contribution >= 4 is 8.32 Å². The van der Waals surface area contributed by atoms with Gasteiger partial charge in [-0.25, -0.2) is 0 Å². The Morgan fingerprint density at radius 1 is 1.30 bits per heavy atom. The molecule has 0 aliphatic rings. The van der Waals surface area contributed by atoms with Crippen LogP contribution in [0.5, 0.6) is 0 Å². The van der Waals surface area contributed by atoms with Crippen LogP contribution in [0, 0.1) is 12.0 Å². The highest BCUT2D eigenvalue weighted by molar-refractivity contribution is 6.79. The van der Waals surface area contributed by atoms with Gasteiger partial charge in [-0.1, -0.05) is 0 Å². The number of hydrogen-bond acceptors (Lipinski definition) is 1. The molecule has 1 nitrogen and oxygen atoms in total. The van der Waals surface area contributed by atoms with Gasteiger partial charge in [0.1, 0.15) is 0 Å². The Kier molecular flexibility index (Phi) is 2.70. The van der Waals surface area contributed by atoms with Crippen molar-refractivity contribution in [2.24, 2.45) is 0 Å². The second-order valence-corrected chi connectivity index (χ2v) is 7.38. The molecule has 2 heteroatoms. The van der Waals surface area contributed by atoms with Gasteiger partial charge >= 0.3 is 0 Å². The van der Waals surface area contributed by atoms with Crippen molar-refractivity contribution in [2.75, 3.05) is 0 Å². The highest BCUT2D eigenvalue weighted by Crippen LogP contribution is 2.15. The van der Waals surface area contributed by atoms with Crippen LogP contribution >= 0.6 is 0 Å². The lowest BCUT2D eigenvalue weighted by Gasteiger charge is -2.28. The Hall–Kier alpha value is -0.263. The van der Waals surface area contributed by atoms with E-state index in [-0.39, 0.29) is 5.60 Å². The highest BCUT2D eigenvalue weighted by atomic mass is 28.4. The van der Waals surface area contributed by atoms with Crippen LogP contribution in [0.25, 0.3) is 0 Å². The predicted octanol–water partition coefficient (Wildman–Crippen LogP) is 2.18. The van der Waals surface area contributed by atoms with E-state index in [1.54, 1.807) is 0 Å². The van der Waals surface area contributed by atoms with Crippen LogP contribution in [0.3, 0.4) is 0 Å². The van der Waals surface area contributed by atoms with Crippen molar-refractivity contribution in [2.45, 2.75) is 39.5 Å². The molecule has 0 atom stereocenters. The van der Waals surface area contributed by atoms with Gasteiger partial charge in [0, 0.05) is 5.60 Å². The fourth-order valence-electron chi connectivity index (χ4n) is 0.795. The first-order valence-electron chi connectivity index (χ1n) is 3.45. The van der Waals surface area contributed by atoms with Gasteiger partial charge in [-0.15, -0.1) is 12.0 Å². The molecule has 0 saturated carbocycles. The first-order valence-corrected chi connectivity index (χ1v) is 6.36. The van der Waals surface area contributed by atoms with Crippen LogP contribution in [0.2, 0.25) is 13.1 Å². The molecule has 0 saturated heterocycles. The van der Waals surface area contributed by atoms with E-state index in [2.05, 4.69) is 5.54 Å². The molecule has 10 heavy (non-hydrogen) atoms. The van der Waals surface area contributed by atoms with E-state index in [0.717, 1.165) is 0 Å². The second kappa shape index (κ2) is 2.77. The SMILES string of the molecule is C#C[Si](C)(C)OC(C)(C)C. The van der Waals surface area contributed by atoms with Gasteiger partial charge in [-0.2, -0.15) is 0 Å². The van der Waals surface area contributed by atoms with E-state index >= 15 is 0 Å². The zero-order valence-corrected chi connectivity index (χ0v) is 8.49. The summed E-state index contributed by atoms with van der Waals surface area (Å²) in [4.78, 5) is 0. The lowest BCUT2D eigenvalue weighted by Crippen LogP contribution is -2.37. The van der Waals surface area contributed by atoms with E-state index in [1.807, 2.05) is 33.9 Å². The third kappa shape index (κ3) is 4.60. The van der Waals surface area contributed by atoms with Crippen LogP contribution < -0.4 is 0 Å². The largest absolute Gasteiger partial charge is 0.401 e. The maximum Gasteiger partial charge on any atom is 0.266 e. The summed E-state index contributed by atoms with van der Waals surface area (Å²) in [5.74, 6) is 0. The second-order valence-electron chi connectivity index (χ2n) is 3.87. The summed E-state index contributed by atoms with van der Waals surface area (Å²) >= 11 is 0. The molecule has 0 spiro atoms. The third-order valence-corrected chi connectivity index (χ3v) is 2.73. The normalized spacial score (nSPS) is 12.8. The molecular weight excluding hydrogens is 140 g/mol. The monoisotopic (exact) mass is 156 g/mol. The zero-order chi connectivity index (χ0) is 8.41. The minimum Gasteiger partial charge on any atom is -0.401 e. The molecule has 0 N–H and O–H groups in total. The molecule has 0 heterocycles. The van der Waals surface area contributed by atoms with Gasteiger partial charge in [0.15, 0.2) is 0 Å². The van der Waals surface area contributed by atoms with Gasteiger partial charge in [0.25, 0.3) is 8.32 Å². The fraction of sp³-hybridized carbons (Fsp3) is 0.750. The molecule has 0 radical (unpaired) electrons. The van der Waals surface area contributed by atoms with Gasteiger partial charge in [-0.05, 0) is 33.9 Å². The molecule has 0 aromatic heterocycles. The summed E-state index contributed by atoms with van der Waals surface area (Å²) in [7, 11) is -1.78. The summed E-state index contributed by atoms with van der Waals surface area (Å²) in [6, 6.07) is 0. The molecule has 0 rings (SSSR count). The Balaban J connectivity index is 4.05. The summed E-state index contributed by atoms with van der Waals surface area (Å²) < 4.78 is 5.68. The van der Waals surface area contributed by atoms with Crippen LogP contribution in [-0.4, -0.2) is 13.9 Å². The van der Waals surface area contributed by atoms with E-state index in [0.29, 0.717) is 0 Å². The van der Waals surface area contributed by atoms with Crippen molar-refractivity contribution in [3.05, 3.63) is 0 Å². The highest BCUT2D eigenvalue weighted by Gasteiger charge is 2.25. The van der Waals surface area contributed by atoms with Crippen molar-refractivity contribution in [1.82, 2.24) is 0 Å². The first kappa shape index (κ1) is 9.74. The summed E-state index contributed by atoms with van der Waals surface area (Å²) in [6.45, 7) is 10.1. The van der Waals surface area contributed by atoms with Crippen molar-refractivity contribution < 1.29 is 4.43 Å². The van der Waals surface area contributed by atoms with E-state index in [4.69, 9.17) is 10.8 Å². The molecule has 0 bridgehead atoms. The van der Waals surface area contributed by atoms with Gasteiger partial charge in [0.05, 0.1) is 0 Å². The van der Waals surface area contributed by atoms with Crippen LogP contribution in [-0.2, 0) is 4.43 Å². The molecule has 0 aliphatic carbocycles. The molecule has 0 aromatic carbocycles. The number of hydrogen-bond donors (Lipinski definition) is 0. The Bertz CT molecular complexity index is 148. The van der Waals surface area contributed by atoms with E-state index in [1.165, 1.54) is 0 Å². The average molecular weight is 156 g/mol. The lowest BCUT2D eigenvalue weighted by atomic mass is 10.2. The predicted molar refractivity (Wildman–Crippen MR) is 47.2 cm³/mol. The fourth-order valence-corrected chi connectivity index (χ4v) is 2.38. The summed E-state index contributed by atoms with van der Waals surface area (Å²) in [6.07, 6.45) is 5.30. The van der Waals surface area contributed by atoms with Gasteiger partial charge in [0.2, 0.25) is 0 Å². The standard InChI is InChI=1S/C8H16OSi/c1-7-10(5,6)9-8(2,3)4/h1H,2-6H3. The van der Waals surface area contributed by atoms with E-state index < -0.39 is 8.32 Å². The number of terminal acetylenes is 1. The minimum absolute atomic E-state index is 0.0951. The van der Waals surface area contributed by atoms with Crippen LogP contribution in [0.15, 0.2) is 0 Å². The van der Waals surface area contributed by atoms with Crippen LogP contribution in [0.1, 0.15) is 20.8 Å². The summed E-state index contributed by atoms with van der Waals surface area (Å²) in [5, 5.41) is 0. The van der Waals surface area contributed by atoms with Crippen molar-refractivity contribution in [3.63, 3.8) is 0 Å².